The molecule has 18 heavy (non-hydrogen) atoms. The van der Waals surface area contributed by atoms with E-state index in [1.165, 1.54) is 0 Å². The number of amides is 2. The standard InChI is InChI=1S/C13H16N2O3/c1-3-18-10-6-4-9(5-7-10)13(2)8-14-11(16)12(17)15-13/h4-7H,3,8H2,1-2H3,(H,14,16)(H,15,17). The highest BCUT2D eigenvalue weighted by molar-refractivity contribution is 6.35. The van der Waals surface area contributed by atoms with E-state index in [0.29, 0.717) is 13.2 Å². The van der Waals surface area contributed by atoms with Crippen molar-refractivity contribution in [1.29, 1.82) is 0 Å². The van der Waals surface area contributed by atoms with Crippen molar-refractivity contribution in [2.75, 3.05) is 13.2 Å². The summed E-state index contributed by atoms with van der Waals surface area (Å²) in [5.74, 6) is -0.396. The fraction of sp³-hybridized carbons (Fsp3) is 0.385. The van der Waals surface area contributed by atoms with Crippen LogP contribution in [0.25, 0.3) is 0 Å². The molecule has 1 heterocycles. The topological polar surface area (TPSA) is 67.4 Å². The van der Waals surface area contributed by atoms with Gasteiger partial charge in [0, 0.05) is 6.54 Å². The Morgan fingerprint density at radius 3 is 2.44 bits per heavy atom. The van der Waals surface area contributed by atoms with Crippen LogP contribution in [0.5, 0.6) is 5.75 Å². The minimum atomic E-state index is -0.599. The molecule has 0 aliphatic carbocycles. The number of piperazine rings is 1. The zero-order chi connectivity index (χ0) is 13.2. The average molecular weight is 248 g/mol. The second kappa shape index (κ2) is 4.68. The van der Waals surface area contributed by atoms with Crippen LogP contribution in [-0.2, 0) is 15.1 Å². The minimum absolute atomic E-state index is 0.381. The second-order valence-corrected chi connectivity index (χ2v) is 4.43. The maximum Gasteiger partial charge on any atom is 0.310 e. The number of carbonyl (C=O) groups is 2. The van der Waals surface area contributed by atoms with Gasteiger partial charge in [-0.1, -0.05) is 12.1 Å². The zero-order valence-electron chi connectivity index (χ0n) is 10.4. The molecule has 0 spiro atoms. The fourth-order valence-corrected chi connectivity index (χ4v) is 1.95. The van der Waals surface area contributed by atoms with Gasteiger partial charge in [0.25, 0.3) is 0 Å². The molecule has 2 N–H and O–H groups in total. The first-order chi connectivity index (χ1) is 8.55. The van der Waals surface area contributed by atoms with Gasteiger partial charge in [0.1, 0.15) is 5.75 Å². The summed E-state index contributed by atoms with van der Waals surface area (Å²) in [6.07, 6.45) is 0. The zero-order valence-corrected chi connectivity index (χ0v) is 10.4. The molecule has 0 aromatic heterocycles. The van der Waals surface area contributed by atoms with E-state index in [1.807, 2.05) is 38.1 Å². The molecule has 96 valence electrons. The molecule has 1 unspecified atom stereocenters. The van der Waals surface area contributed by atoms with Crippen molar-refractivity contribution in [2.24, 2.45) is 0 Å². The molecule has 0 bridgehead atoms. The van der Waals surface area contributed by atoms with Gasteiger partial charge in [0.2, 0.25) is 0 Å². The molecule has 0 radical (unpaired) electrons. The highest BCUT2D eigenvalue weighted by Crippen LogP contribution is 2.24. The molecular formula is C13H16N2O3. The predicted molar refractivity (Wildman–Crippen MR) is 66.1 cm³/mol. The number of ether oxygens (including phenoxy) is 1. The van der Waals surface area contributed by atoms with Crippen LogP contribution in [0.1, 0.15) is 19.4 Å². The maximum atomic E-state index is 11.4. The first-order valence-electron chi connectivity index (χ1n) is 5.89. The van der Waals surface area contributed by atoms with Gasteiger partial charge in [-0.15, -0.1) is 0 Å². The lowest BCUT2D eigenvalue weighted by atomic mass is 9.90. The van der Waals surface area contributed by atoms with Crippen LogP contribution in [0.15, 0.2) is 24.3 Å². The first-order valence-corrected chi connectivity index (χ1v) is 5.89. The monoisotopic (exact) mass is 248 g/mol. The summed E-state index contributed by atoms with van der Waals surface area (Å²) in [4.78, 5) is 22.5. The van der Waals surface area contributed by atoms with Gasteiger partial charge in [0.05, 0.1) is 12.1 Å². The van der Waals surface area contributed by atoms with Gasteiger partial charge in [-0.3, -0.25) is 9.59 Å². The fourth-order valence-electron chi connectivity index (χ4n) is 1.95. The van der Waals surface area contributed by atoms with Gasteiger partial charge >= 0.3 is 11.8 Å². The summed E-state index contributed by atoms with van der Waals surface area (Å²) in [6.45, 7) is 4.79. The number of nitrogens with one attached hydrogen (secondary N) is 2. The number of hydrogen-bond donors (Lipinski definition) is 2. The molecule has 1 fully saturated rings. The Morgan fingerprint density at radius 1 is 1.22 bits per heavy atom. The average Bonchev–Trinajstić information content (AvgIpc) is 2.36. The molecule has 1 atom stereocenters. The second-order valence-electron chi connectivity index (χ2n) is 4.43. The quantitative estimate of drug-likeness (QED) is 0.767. The Balaban J connectivity index is 2.19. The summed E-state index contributed by atoms with van der Waals surface area (Å²) in [5.41, 5.74) is 0.356. The minimum Gasteiger partial charge on any atom is -0.494 e. The van der Waals surface area contributed by atoms with Crippen LogP contribution < -0.4 is 15.4 Å². The van der Waals surface area contributed by atoms with Crippen molar-refractivity contribution in [3.63, 3.8) is 0 Å². The molecule has 1 aromatic rings. The number of hydrogen-bond acceptors (Lipinski definition) is 3. The van der Waals surface area contributed by atoms with Gasteiger partial charge in [-0.05, 0) is 31.5 Å². The van der Waals surface area contributed by atoms with Crippen molar-refractivity contribution in [3.05, 3.63) is 29.8 Å². The molecule has 2 rings (SSSR count). The highest BCUT2D eigenvalue weighted by Gasteiger charge is 2.35. The van der Waals surface area contributed by atoms with Crippen LogP contribution in [0, 0.1) is 0 Å². The molecule has 1 aliphatic rings. The summed E-state index contributed by atoms with van der Waals surface area (Å²) < 4.78 is 5.36. The Morgan fingerprint density at radius 2 is 1.89 bits per heavy atom. The van der Waals surface area contributed by atoms with E-state index in [-0.39, 0.29) is 0 Å². The molecular weight excluding hydrogens is 232 g/mol. The molecule has 0 saturated carbocycles. The number of carbonyl (C=O) groups excluding carboxylic acids is 2. The van der Waals surface area contributed by atoms with Gasteiger partial charge in [0.15, 0.2) is 0 Å². The van der Waals surface area contributed by atoms with Crippen LogP contribution in [-0.4, -0.2) is 25.0 Å². The maximum absolute atomic E-state index is 11.4. The Bertz CT molecular complexity index is 470. The Hall–Kier alpha value is -2.04. The van der Waals surface area contributed by atoms with Crippen molar-refractivity contribution in [3.8, 4) is 5.75 Å². The molecule has 5 heteroatoms. The summed E-state index contributed by atoms with van der Waals surface area (Å²) >= 11 is 0. The van der Waals surface area contributed by atoms with E-state index in [4.69, 9.17) is 4.74 Å². The molecule has 1 aromatic carbocycles. The van der Waals surface area contributed by atoms with E-state index in [9.17, 15) is 9.59 Å². The van der Waals surface area contributed by atoms with E-state index in [0.717, 1.165) is 11.3 Å². The van der Waals surface area contributed by atoms with E-state index >= 15 is 0 Å². The third-order valence-electron chi connectivity index (χ3n) is 3.00. The van der Waals surface area contributed by atoms with Crippen LogP contribution in [0.4, 0.5) is 0 Å². The molecule has 1 saturated heterocycles. The van der Waals surface area contributed by atoms with Crippen molar-refractivity contribution < 1.29 is 14.3 Å². The lowest BCUT2D eigenvalue weighted by molar-refractivity contribution is -0.142. The molecule has 5 nitrogen and oxygen atoms in total. The van der Waals surface area contributed by atoms with Crippen molar-refractivity contribution in [1.82, 2.24) is 10.6 Å². The van der Waals surface area contributed by atoms with E-state index in [1.54, 1.807) is 0 Å². The largest absolute Gasteiger partial charge is 0.494 e. The first kappa shape index (κ1) is 12.4. The van der Waals surface area contributed by atoms with Crippen molar-refractivity contribution in [2.45, 2.75) is 19.4 Å². The Kier molecular flexibility index (Phi) is 3.23. The van der Waals surface area contributed by atoms with Crippen LogP contribution in [0.2, 0.25) is 0 Å². The SMILES string of the molecule is CCOc1ccc(C2(C)CNC(=O)C(=O)N2)cc1. The van der Waals surface area contributed by atoms with Gasteiger partial charge < -0.3 is 15.4 Å². The highest BCUT2D eigenvalue weighted by atomic mass is 16.5. The Labute approximate surface area is 106 Å². The van der Waals surface area contributed by atoms with Crippen molar-refractivity contribution >= 4 is 11.8 Å². The molecule has 1 aliphatic heterocycles. The third-order valence-corrected chi connectivity index (χ3v) is 3.00. The lowest BCUT2D eigenvalue weighted by Crippen LogP contribution is -2.60. The summed E-state index contributed by atoms with van der Waals surface area (Å²) in [5, 5.41) is 5.30. The van der Waals surface area contributed by atoms with Crippen LogP contribution in [0.3, 0.4) is 0 Å². The van der Waals surface area contributed by atoms with E-state index < -0.39 is 17.4 Å². The van der Waals surface area contributed by atoms with Crippen LogP contribution >= 0.6 is 0 Å². The predicted octanol–water partition coefficient (Wildman–Crippen LogP) is 0.546. The normalized spacial score (nSPS) is 23.2. The van der Waals surface area contributed by atoms with Gasteiger partial charge in [-0.25, -0.2) is 0 Å². The van der Waals surface area contributed by atoms with Gasteiger partial charge in [-0.2, -0.15) is 0 Å². The lowest BCUT2D eigenvalue weighted by Gasteiger charge is -2.34. The number of benzene rings is 1. The van der Waals surface area contributed by atoms with E-state index in [2.05, 4.69) is 10.6 Å². The molecule has 2 amide bonds. The summed E-state index contributed by atoms with van der Waals surface area (Å²) in [7, 11) is 0. The summed E-state index contributed by atoms with van der Waals surface area (Å²) in [6, 6.07) is 7.49. The number of rotatable bonds is 3. The third kappa shape index (κ3) is 2.30. The smallest absolute Gasteiger partial charge is 0.310 e.